The summed E-state index contributed by atoms with van der Waals surface area (Å²) in [5, 5.41) is 4.23. The molecule has 1 aromatic carbocycles. The van der Waals surface area contributed by atoms with Crippen LogP contribution in [0.3, 0.4) is 0 Å². The van der Waals surface area contributed by atoms with Gasteiger partial charge in [0.2, 0.25) is 0 Å². The highest BCUT2D eigenvalue weighted by Crippen LogP contribution is 2.28. The second-order valence-corrected chi connectivity index (χ2v) is 5.96. The van der Waals surface area contributed by atoms with Gasteiger partial charge in [0.25, 0.3) is 0 Å². The Hall–Kier alpha value is -0.540. The summed E-state index contributed by atoms with van der Waals surface area (Å²) in [6.07, 6.45) is 1.18. The summed E-state index contributed by atoms with van der Waals surface area (Å²) in [7, 11) is 0. The number of hydrogen-bond acceptors (Lipinski definition) is 2. The largest absolute Gasteiger partial charge is 0.306 e. The molecule has 0 bridgehead atoms. The Morgan fingerprint density at radius 3 is 2.81 bits per heavy atom. The van der Waals surface area contributed by atoms with Gasteiger partial charge in [-0.3, -0.25) is 0 Å². The Morgan fingerprint density at radius 1 is 1.44 bits per heavy atom. The molecule has 1 aliphatic heterocycles. The smallest absolute Gasteiger partial charge is 0.127 e. The molecule has 3 atom stereocenters. The first-order valence-corrected chi connectivity index (χ1v) is 6.83. The van der Waals surface area contributed by atoms with E-state index < -0.39 is 0 Å². The lowest BCUT2D eigenvalue weighted by Gasteiger charge is -2.19. The van der Waals surface area contributed by atoms with Gasteiger partial charge in [0.1, 0.15) is 5.82 Å². The fraction of sp³-hybridized carbons (Fsp3) is 0.538. The number of thioether (sulfide) groups is 1. The zero-order chi connectivity index (χ0) is 11.5. The molecule has 1 fully saturated rings. The van der Waals surface area contributed by atoms with Crippen LogP contribution >= 0.6 is 11.8 Å². The maximum atomic E-state index is 13.5. The summed E-state index contributed by atoms with van der Waals surface area (Å²) < 4.78 is 13.5. The second-order valence-electron chi connectivity index (χ2n) is 4.49. The van der Waals surface area contributed by atoms with E-state index in [9.17, 15) is 4.39 Å². The Balaban J connectivity index is 1.98. The van der Waals surface area contributed by atoms with Gasteiger partial charge >= 0.3 is 0 Å². The Labute approximate surface area is 101 Å². The monoisotopic (exact) mass is 239 g/mol. The van der Waals surface area contributed by atoms with Crippen molar-refractivity contribution in [2.75, 3.05) is 5.75 Å². The van der Waals surface area contributed by atoms with Crippen LogP contribution in [0.5, 0.6) is 0 Å². The van der Waals surface area contributed by atoms with Gasteiger partial charge < -0.3 is 5.32 Å². The lowest BCUT2D eigenvalue weighted by atomic mass is 10.1. The molecule has 1 N–H and O–H groups in total. The zero-order valence-corrected chi connectivity index (χ0v) is 10.6. The average molecular weight is 239 g/mol. The number of benzene rings is 1. The molecular weight excluding hydrogens is 221 g/mol. The molecule has 16 heavy (non-hydrogen) atoms. The first-order chi connectivity index (χ1) is 7.66. The van der Waals surface area contributed by atoms with Crippen molar-refractivity contribution in [3.05, 3.63) is 35.6 Å². The second kappa shape index (κ2) is 5.19. The average Bonchev–Trinajstić information content (AvgIpc) is 2.64. The van der Waals surface area contributed by atoms with Crippen LogP contribution in [-0.4, -0.2) is 17.0 Å². The van der Waals surface area contributed by atoms with Crippen molar-refractivity contribution in [1.82, 2.24) is 5.32 Å². The van der Waals surface area contributed by atoms with Gasteiger partial charge in [-0.05, 0) is 19.4 Å². The molecule has 0 aliphatic carbocycles. The highest BCUT2D eigenvalue weighted by atomic mass is 32.2. The van der Waals surface area contributed by atoms with Crippen molar-refractivity contribution < 1.29 is 4.39 Å². The van der Waals surface area contributed by atoms with Crippen molar-refractivity contribution in [3.63, 3.8) is 0 Å². The minimum atomic E-state index is -0.110. The van der Waals surface area contributed by atoms with E-state index in [4.69, 9.17) is 0 Å². The Morgan fingerprint density at radius 2 is 2.19 bits per heavy atom. The Kier molecular flexibility index (Phi) is 3.87. The summed E-state index contributed by atoms with van der Waals surface area (Å²) in [5.74, 6) is 1.03. The summed E-state index contributed by atoms with van der Waals surface area (Å²) in [4.78, 5) is 0. The molecule has 2 rings (SSSR count). The summed E-state index contributed by atoms with van der Waals surface area (Å²) in [5.41, 5.74) is 0.770. The molecule has 0 aromatic heterocycles. The van der Waals surface area contributed by atoms with Crippen LogP contribution in [0.4, 0.5) is 4.39 Å². The highest BCUT2D eigenvalue weighted by Gasteiger charge is 2.23. The molecule has 1 heterocycles. The van der Waals surface area contributed by atoms with E-state index in [2.05, 4.69) is 12.2 Å². The molecule has 1 nitrogen and oxygen atoms in total. The molecule has 0 radical (unpaired) electrons. The topological polar surface area (TPSA) is 12.0 Å². The summed E-state index contributed by atoms with van der Waals surface area (Å²) in [6, 6.07) is 7.63. The van der Waals surface area contributed by atoms with Crippen LogP contribution in [0.25, 0.3) is 0 Å². The van der Waals surface area contributed by atoms with Crippen molar-refractivity contribution in [2.45, 2.75) is 37.6 Å². The van der Waals surface area contributed by atoms with E-state index in [-0.39, 0.29) is 11.9 Å². The van der Waals surface area contributed by atoms with Crippen LogP contribution in [0.2, 0.25) is 0 Å². The minimum absolute atomic E-state index is 0.0945. The molecular formula is C13H18FNS. The quantitative estimate of drug-likeness (QED) is 0.868. The first-order valence-electron chi connectivity index (χ1n) is 5.79. The van der Waals surface area contributed by atoms with Crippen LogP contribution in [0, 0.1) is 5.82 Å². The van der Waals surface area contributed by atoms with Gasteiger partial charge in [0.15, 0.2) is 0 Å². The summed E-state index contributed by atoms with van der Waals surface area (Å²) >= 11 is 1.99. The van der Waals surface area contributed by atoms with Gasteiger partial charge in [0.05, 0.1) is 0 Å². The third kappa shape index (κ3) is 2.77. The van der Waals surface area contributed by atoms with Gasteiger partial charge in [0, 0.05) is 28.6 Å². The van der Waals surface area contributed by atoms with E-state index >= 15 is 0 Å². The van der Waals surface area contributed by atoms with Crippen LogP contribution < -0.4 is 5.32 Å². The van der Waals surface area contributed by atoms with Crippen LogP contribution in [-0.2, 0) is 0 Å². The van der Waals surface area contributed by atoms with Crippen molar-refractivity contribution >= 4 is 11.8 Å². The predicted molar refractivity (Wildman–Crippen MR) is 68.3 cm³/mol. The van der Waals surface area contributed by atoms with E-state index in [1.54, 1.807) is 6.07 Å². The number of halogens is 1. The molecule has 88 valence electrons. The number of rotatable bonds is 3. The van der Waals surface area contributed by atoms with Crippen LogP contribution in [0.15, 0.2) is 24.3 Å². The molecule has 1 aromatic rings. The molecule has 1 saturated heterocycles. The third-order valence-corrected chi connectivity index (χ3v) is 4.41. The van der Waals surface area contributed by atoms with Gasteiger partial charge in [-0.2, -0.15) is 11.8 Å². The van der Waals surface area contributed by atoms with E-state index in [1.807, 2.05) is 30.8 Å². The normalized spacial score (nSPS) is 26.9. The molecule has 1 aliphatic rings. The summed E-state index contributed by atoms with van der Waals surface area (Å²) in [6.45, 7) is 4.28. The fourth-order valence-corrected chi connectivity index (χ4v) is 3.36. The van der Waals surface area contributed by atoms with Gasteiger partial charge in [-0.25, -0.2) is 4.39 Å². The molecule has 2 unspecified atom stereocenters. The fourth-order valence-electron chi connectivity index (χ4n) is 2.20. The van der Waals surface area contributed by atoms with Crippen LogP contribution in [0.1, 0.15) is 31.9 Å². The maximum Gasteiger partial charge on any atom is 0.127 e. The van der Waals surface area contributed by atoms with Crippen molar-refractivity contribution in [2.24, 2.45) is 0 Å². The molecule has 0 spiro atoms. The molecule has 0 amide bonds. The molecule has 0 saturated carbocycles. The number of nitrogens with one attached hydrogen (secondary N) is 1. The Bertz CT molecular complexity index is 356. The maximum absolute atomic E-state index is 13.5. The third-order valence-electron chi connectivity index (χ3n) is 3.06. The van der Waals surface area contributed by atoms with Gasteiger partial charge in [-0.1, -0.05) is 25.1 Å². The minimum Gasteiger partial charge on any atom is -0.306 e. The first kappa shape index (κ1) is 11.9. The van der Waals surface area contributed by atoms with E-state index in [1.165, 1.54) is 12.5 Å². The zero-order valence-electron chi connectivity index (χ0n) is 9.74. The predicted octanol–water partition coefficient (Wildman–Crippen LogP) is 3.37. The standard InChI is InChI=1S/C13H18FNS/c1-9-7-11(8-16-9)15-10(2)12-5-3-4-6-13(12)14/h3-6,9-11,15H,7-8H2,1-2H3/t9?,10-,11?/m1/s1. The van der Waals surface area contributed by atoms with E-state index in [0.29, 0.717) is 6.04 Å². The van der Waals surface area contributed by atoms with Gasteiger partial charge in [-0.15, -0.1) is 0 Å². The lowest BCUT2D eigenvalue weighted by Crippen LogP contribution is -2.32. The SMILES string of the molecule is CC1CC(N[C@H](C)c2ccccc2F)CS1. The van der Waals surface area contributed by atoms with Crippen molar-refractivity contribution in [3.8, 4) is 0 Å². The lowest BCUT2D eigenvalue weighted by molar-refractivity contribution is 0.458. The number of hydrogen-bond donors (Lipinski definition) is 1. The van der Waals surface area contributed by atoms with Crippen molar-refractivity contribution in [1.29, 1.82) is 0 Å². The highest BCUT2D eigenvalue weighted by molar-refractivity contribution is 8.00. The van der Waals surface area contributed by atoms with E-state index in [0.717, 1.165) is 16.6 Å². The molecule has 3 heteroatoms.